The summed E-state index contributed by atoms with van der Waals surface area (Å²) in [5.74, 6) is -0.969. The van der Waals surface area contributed by atoms with Gasteiger partial charge in [0.25, 0.3) is 0 Å². The van der Waals surface area contributed by atoms with Gasteiger partial charge in [-0.3, -0.25) is 0 Å². The summed E-state index contributed by atoms with van der Waals surface area (Å²) in [5, 5.41) is 21.9. The summed E-state index contributed by atoms with van der Waals surface area (Å²) in [6, 6.07) is 8.53. The van der Waals surface area contributed by atoms with Gasteiger partial charge in [0, 0.05) is 18.7 Å². The molecule has 2 atom stereocenters. The molecule has 2 rings (SSSR count). The first-order valence-corrected chi connectivity index (χ1v) is 6.02. The minimum Gasteiger partial charge on any atom is -0.480 e. The fraction of sp³-hybridized carbons (Fsp3) is 0.333. The minimum absolute atomic E-state index is 0.200. The maximum absolute atomic E-state index is 11.1. The Bertz CT molecular complexity index is 452. The van der Waals surface area contributed by atoms with Crippen LogP contribution in [0.5, 0.6) is 0 Å². The SMILES string of the molecule is O=C(O)[C@H]1C[C@@H](O)CN1C(=S)Nc1ccccc1. The lowest BCUT2D eigenvalue weighted by molar-refractivity contribution is -0.140. The molecule has 0 amide bonds. The van der Waals surface area contributed by atoms with Crippen molar-refractivity contribution < 1.29 is 15.0 Å². The minimum atomic E-state index is -0.969. The zero-order valence-corrected chi connectivity index (χ0v) is 10.4. The molecule has 0 saturated carbocycles. The highest BCUT2D eigenvalue weighted by atomic mass is 32.1. The van der Waals surface area contributed by atoms with Gasteiger partial charge in [-0.25, -0.2) is 4.79 Å². The molecule has 1 aliphatic rings. The molecule has 0 bridgehead atoms. The van der Waals surface area contributed by atoms with Gasteiger partial charge in [-0.1, -0.05) is 18.2 Å². The summed E-state index contributed by atoms with van der Waals surface area (Å²) >= 11 is 5.19. The van der Waals surface area contributed by atoms with Gasteiger partial charge in [-0.15, -0.1) is 0 Å². The number of carbonyl (C=O) groups is 1. The summed E-state index contributed by atoms with van der Waals surface area (Å²) in [5.41, 5.74) is 0.799. The van der Waals surface area contributed by atoms with Gasteiger partial charge in [0.1, 0.15) is 6.04 Å². The number of aliphatic hydroxyl groups excluding tert-OH is 1. The summed E-state index contributed by atoms with van der Waals surface area (Å²) in [6.45, 7) is 0.246. The van der Waals surface area contributed by atoms with Crippen molar-refractivity contribution >= 4 is 29.0 Å². The highest BCUT2D eigenvalue weighted by molar-refractivity contribution is 7.80. The van der Waals surface area contributed by atoms with E-state index in [9.17, 15) is 9.90 Å². The first-order chi connectivity index (χ1) is 8.58. The molecular weight excluding hydrogens is 252 g/mol. The van der Waals surface area contributed by atoms with Crippen molar-refractivity contribution in [3.63, 3.8) is 0 Å². The highest BCUT2D eigenvalue weighted by Crippen LogP contribution is 2.19. The van der Waals surface area contributed by atoms with Gasteiger partial charge in [-0.2, -0.15) is 0 Å². The number of thiocarbonyl (C=S) groups is 1. The number of para-hydroxylation sites is 1. The van der Waals surface area contributed by atoms with Crippen LogP contribution >= 0.6 is 12.2 Å². The lowest BCUT2D eigenvalue weighted by atomic mass is 10.2. The second-order valence-corrected chi connectivity index (χ2v) is 4.58. The number of anilines is 1. The number of rotatable bonds is 2. The molecule has 1 aromatic carbocycles. The third-order valence-electron chi connectivity index (χ3n) is 2.85. The molecular formula is C12H14N2O3S. The maximum Gasteiger partial charge on any atom is 0.326 e. The lowest BCUT2D eigenvalue weighted by Crippen LogP contribution is -2.42. The maximum atomic E-state index is 11.1. The van der Waals surface area contributed by atoms with Crippen LogP contribution in [0.25, 0.3) is 0 Å². The van der Waals surface area contributed by atoms with Gasteiger partial charge in [0.05, 0.1) is 6.10 Å². The molecule has 3 N–H and O–H groups in total. The Kier molecular flexibility index (Phi) is 3.78. The Morgan fingerprint density at radius 3 is 2.67 bits per heavy atom. The number of likely N-dealkylation sites (tertiary alicyclic amines) is 1. The molecule has 18 heavy (non-hydrogen) atoms. The number of aliphatic hydroxyl groups is 1. The van der Waals surface area contributed by atoms with Crippen LogP contribution in [0.3, 0.4) is 0 Å². The van der Waals surface area contributed by atoms with E-state index in [0.717, 1.165) is 5.69 Å². The predicted octanol–water partition coefficient (Wildman–Crippen LogP) is 0.903. The highest BCUT2D eigenvalue weighted by Gasteiger charge is 2.37. The number of benzene rings is 1. The van der Waals surface area contributed by atoms with E-state index >= 15 is 0 Å². The Hall–Kier alpha value is -1.66. The van der Waals surface area contributed by atoms with Crippen LogP contribution in [0.4, 0.5) is 5.69 Å². The molecule has 0 radical (unpaired) electrons. The van der Waals surface area contributed by atoms with E-state index in [0.29, 0.717) is 5.11 Å². The van der Waals surface area contributed by atoms with Crippen molar-refractivity contribution in [3.05, 3.63) is 30.3 Å². The van der Waals surface area contributed by atoms with E-state index < -0.39 is 18.1 Å². The number of hydrogen-bond donors (Lipinski definition) is 3. The summed E-state index contributed by atoms with van der Waals surface area (Å²) in [7, 11) is 0. The van der Waals surface area contributed by atoms with Crippen molar-refractivity contribution in [2.24, 2.45) is 0 Å². The summed E-state index contributed by atoms with van der Waals surface area (Å²) in [4.78, 5) is 12.6. The fourth-order valence-corrected chi connectivity index (χ4v) is 2.31. The molecule has 1 aliphatic heterocycles. The van der Waals surface area contributed by atoms with Crippen LogP contribution in [0.1, 0.15) is 6.42 Å². The number of hydrogen-bond acceptors (Lipinski definition) is 3. The van der Waals surface area contributed by atoms with Crippen molar-refractivity contribution in [2.45, 2.75) is 18.6 Å². The fourth-order valence-electron chi connectivity index (χ4n) is 1.99. The van der Waals surface area contributed by atoms with Crippen LogP contribution in [0, 0.1) is 0 Å². The van der Waals surface area contributed by atoms with Crippen LogP contribution < -0.4 is 5.32 Å². The monoisotopic (exact) mass is 266 g/mol. The zero-order valence-electron chi connectivity index (χ0n) is 9.61. The van der Waals surface area contributed by atoms with Crippen molar-refractivity contribution in [3.8, 4) is 0 Å². The molecule has 1 saturated heterocycles. The summed E-state index contributed by atoms with van der Waals surface area (Å²) < 4.78 is 0. The average Bonchev–Trinajstić information content (AvgIpc) is 2.73. The van der Waals surface area contributed by atoms with Crippen LogP contribution in [-0.4, -0.2) is 44.9 Å². The van der Waals surface area contributed by atoms with E-state index in [1.165, 1.54) is 4.90 Å². The summed E-state index contributed by atoms with van der Waals surface area (Å²) in [6.07, 6.45) is -0.451. The van der Waals surface area contributed by atoms with Gasteiger partial charge >= 0.3 is 5.97 Å². The Labute approximate surface area is 110 Å². The topological polar surface area (TPSA) is 72.8 Å². The standard InChI is InChI=1S/C12H14N2O3S/c15-9-6-10(11(16)17)14(7-9)12(18)13-8-4-2-1-3-5-8/h1-5,9-10,15H,6-7H2,(H,13,18)(H,16,17)/t9-,10-/m1/s1. The Balaban J connectivity index is 2.06. The Morgan fingerprint density at radius 2 is 2.06 bits per heavy atom. The molecule has 96 valence electrons. The molecule has 6 heteroatoms. The van der Waals surface area contributed by atoms with Crippen molar-refractivity contribution in [1.29, 1.82) is 0 Å². The normalized spacial score (nSPS) is 22.8. The lowest BCUT2D eigenvalue weighted by Gasteiger charge is -2.24. The molecule has 1 fully saturated rings. The van der Waals surface area contributed by atoms with E-state index in [1.807, 2.05) is 30.3 Å². The zero-order chi connectivity index (χ0) is 13.1. The molecule has 0 aliphatic carbocycles. The molecule has 5 nitrogen and oxygen atoms in total. The number of aliphatic carboxylic acids is 1. The van der Waals surface area contributed by atoms with Gasteiger partial charge in [0.15, 0.2) is 5.11 Å². The van der Waals surface area contributed by atoms with Gasteiger partial charge in [0.2, 0.25) is 0 Å². The number of carboxylic acids is 1. The number of nitrogens with one attached hydrogen (secondary N) is 1. The second-order valence-electron chi connectivity index (χ2n) is 4.19. The first kappa shape index (κ1) is 12.8. The molecule has 0 aromatic heterocycles. The largest absolute Gasteiger partial charge is 0.480 e. The third-order valence-corrected chi connectivity index (χ3v) is 3.19. The molecule has 1 heterocycles. The molecule has 0 unspecified atom stereocenters. The average molecular weight is 266 g/mol. The number of β-amino-alcohol motifs (C(OH)–C–C–N with tert-alkyl or cyclic N) is 1. The van der Waals surface area contributed by atoms with Crippen LogP contribution in [-0.2, 0) is 4.79 Å². The molecule has 1 aromatic rings. The number of nitrogens with zero attached hydrogens (tertiary/aromatic N) is 1. The van der Waals surface area contributed by atoms with Gasteiger partial charge in [-0.05, 0) is 24.4 Å². The van der Waals surface area contributed by atoms with Gasteiger partial charge < -0.3 is 20.4 Å². The van der Waals surface area contributed by atoms with Crippen LogP contribution in [0.2, 0.25) is 0 Å². The Morgan fingerprint density at radius 1 is 1.39 bits per heavy atom. The van der Waals surface area contributed by atoms with Crippen molar-refractivity contribution in [2.75, 3.05) is 11.9 Å². The second kappa shape index (κ2) is 5.32. The predicted molar refractivity (Wildman–Crippen MR) is 71.4 cm³/mol. The number of carboxylic acid groups (broad SMARTS) is 1. The molecule has 0 spiro atoms. The third kappa shape index (κ3) is 2.77. The smallest absolute Gasteiger partial charge is 0.326 e. The van der Waals surface area contributed by atoms with E-state index in [-0.39, 0.29) is 13.0 Å². The van der Waals surface area contributed by atoms with E-state index in [4.69, 9.17) is 17.3 Å². The quantitative estimate of drug-likeness (QED) is 0.691. The van der Waals surface area contributed by atoms with E-state index in [1.54, 1.807) is 0 Å². The van der Waals surface area contributed by atoms with Crippen LogP contribution in [0.15, 0.2) is 30.3 Å². The van der Waals surface area contributed by atoms with E-state index in [2.05, 4.69) is 5.32 Å². The first-order valence-electron chi connectivity index (χ1n) is 5.61. The van der Waals surface area contributed by atoms with Crippen molar-refractivity contribution in [1.82, 2.24) is 4.90 Å².